The van der Waals surface area contributed by atoms with Crippen LogP contribution in [0.25, 0.3) is 11.1 Å². The number of fused-ring (bicyclic) bond motifs is 3. The Morgan fingerprint density at radius 2 is 1.88 bits per heavy atom. The number of alkyl halides is 4. The van der Waals surface area contributed by atoms with E-state index in [-0.39, 0.29) is 41.0 Å². The SMILES string of the molecule is N=Cc1cc(-c2cncnc2C(Cc2cc(F)cc(F)c2)NC(=O)Cn2nc(C(F)F)c3c2C(F)(F)C2CC32)cnc1N. The summed E-state index contributed by atoms with van der Waals surface area (Å²) in [6.07, 6.45) is 1.71. The van der Waals surface area contributed by atoms with Crippen LogP contribution < -0.4 is 11.1 Å². The van der Waals surface area contributed by atoms with Crippen LogP contribution in [0, 0.1) is 23.0 Å². The molecule has 9 nitrogen and oxygen atoms in total. The molecule has 0 bridgehead atoms. The number of rotatable bonds is 9. The smallest absolute Gasteiger partial charge is 0.293 e. The van der Waals surface area contributed by atoms with E-state index in [1.165, 1.54) is 24.8 Å². The quantitative estimate of drug-likeness (QED) is 0.186. The molecule has 1 fully saturated rings. The number of aromatic nitrogens is 5. The van der Waals surface area contributed by atoms with E-state index in [2.05, 4.69) is 25.4 Å². The topological polar surface area (TPSA) is 135 Å². The third kappa shape index (κ3) is 5.08. The van der Waals surface area contributed by atoms with Gasteiger partial charge in [-0.15, -0.1) is 0 Å². The molecule has 1 amide bonds. The number of hydrogen-bond acceptors (Lipinski definition) is 7. The predicted molar refractivity (Wildman–Crippen MR) is 140 cm³/mol. The van der Waals surface area contributed by atoms with Crippen molar-refractivity contribution in [1.29, 1.82) is 5.41 Å². The Bertz CT molecular complexity index is 1740. The lowest BCUT2D eigenvalue weighted by atomic mass is 9.96. The van der Waals surface area contributed by atoms with Crippen molar-refractivity contribution in [1.82, 2.24) is 30.0 Å². The lowest BCUT2D eigenvalue weighted by Gasteiger charge is -2.22. The lowest BCUT2D eigenvalue weighted by molar-refractivity contribution is -0.123. The highest BCUT2D eigenvalue weighted by Crippen LogP contribution is 2.68. The van der Waals surface area contributed by atoms with Gasteiger partial charge in [0, 0.05) is 52.8 Å². The predicted octanol–water partition coefficient (Wildman–Crippen LogP) is 4.84. The van der Waals surface area contributed by atoms with Gasteiger partial charge in [-0.2, -0.15) is 13.9 Å². The van der Waals surface area contributed by atoms with Crippen molar-refractivity contribution >= 4 is 17.9 Å². The molecule has 222 valence electrons. The van der Waals surface area contributed by atoms with Crippen LogP contribution in [0.15, 0.2) is 43.0 Å². The van der Waals surface area contributed by atoms with Crippen molar-refractivity contribution in [2.24, 2.45) is 5.92 Å². The maximum Gasteiger partial charge on any atom is 0.293 e. The van der Waals surface area contributed by atoms with Crippen LogP contribution in [0.2, 0.25) is 0 Å². The van der Waals surface area contributed by atoms with Crippen LogP contribution >= 0.6 is 0 Å². The standard InChI is InChI=1S/C28H22F6N8O/c29-15-1-12(2-16(30)5-15)3-20(23-18(9-37-11-39-23)14-4-13(7-35)27(36)38-8-14)40-21(43)10-42-25-22(24(41-42)26(31)32)17-6-19(17)28(25,33)34/h1-2,4-5,7-9,11,17,19-20,26,35H,3,6,10H2,(H2,36,38)(H,40,43). The summed E-state index contributed by atoms with van der Waals surface area (Å²) in [5.41, 5.74) is 5.44. The van der Waals surface area contributed by atoms with Gasteiger partial charge in [0.05, 0.1) is 11.7 Å². The minimum absolute atomic E-state index is 0.0695. The number of benzene rings is 1. The van der Waals surface area contributed by atoms with Gasteiger partial charge in [0.15, 0.2) is 0 Å². The van der Waals surface area contributed by atoms with Crippen LogP contribution in [-0.4, -0.2) is 36.9 Å². The number of carbonyl (C=O) groups is 1. The molecule has 0 aliphatic heterocycles. The van der Waals surface area contributed by atoms with Crippen LogP contribution in [0.4, 0.5) is 32.2 Å². The first-order chi connectivity index (χ1) is 20.5. The van der Waals surface area contributed by atoms with E-state index >= 15 is 8.78 Å². The molecule has 6 rings (SSSR count). The average molecular weight is 601 g/mol. The van der Waals surface area contributed by atoms with E-state index in [0.717, 1.165) is 18.3 Å². The van der Waals surface area contributed by atoms with Crippen molar-refractivity contribution in [3.8, 4) is 11.1 Å². The summed E-state index contributed by atoms with van der Waals surface area (Å²) in [5, 5.41) is 13.9. The van der Waals surface area contributed by atoms with E-state index < -0.39 is 65.7 Å². The van der Waals surface area contributed by atoms with Crippen molar-refractivity contribution in [2.45, 2.75) is 43.7 Å². The maximum atomic E-state index is 15.0. The van der Waals surface area contributed by atoms with Crippen LogP contribution in [0.1, 0.15) is 58.6 Å². The van der Waals surface area contributed by atoms with Crippen molar-refractivity contribution in [3.63, 3.8) is 0 Å². The highest BCUT2D eigenvalue weighted by atomic mass is 19.3. The van der Waals surface area contributed by atoms with E-state index in [1.807, 2.05) is 0 Å². The molecular formula is C28H22F6N8O. The summed E-state index contributed by atoms with van der Waals surface area (Å²) in [7, 11) is 0. The van der Waals surface area contributed by atoms with E-state index in [1.54, 1.807) is 0 Å². The van der Waals surface area contributed by atoms with Gasteiger partial charge in [-0.05, 0) is 42.5 Å². The number of anilines is 1. The first kappa shape index (κ1) is 28.3. The van der Waals surface area contributed by atoms with Gasteiger partial charge in [0.2, 0.25) is 5.91 Å². The number of amides is 1. The molecule has 3 heterocycles. The number of halogens is 6. The second-order valence-electron chi connectivity index (χ2n) is 10.4. The highest BCUT2D eigenvalue weighted by Gasteiger charge is 2.67. The average Bonchev–Trinajstić information content (AvgIpc) is 3.61. The minimum Gasteiger partial charge on any atom is -0.383 e. The fourth-order valence-corrected chi connectivity index (χ4v) is 5.73. The van der Waals surface area contributed by atoms with E-state index in [9.17, 15) is 22.4 Å². The zero-order chi connectivity index (χ0) is 30.6. The molecule has 15 heteroatoms. The largest absolute Gasteiger partial charge is 0.383 e. The van der Waals surface area contributed by atoms with Gasteiger partial charge in [-0.25, -0.2) is 32.5 Å². The van der Waals surface area contributed by atoms with Gasteiger partial charge in [-0.1, -0.05) is 0 Å². The molecule has 0 spiro atoms. The molecule has 2 aliphatic carbocycles. The Balaban J connectivity index is 1.37. The maximum absolute atomic E-state index is 15.0. The fourth-order valence-electron chi connectivity index (χ4n) is 5.73. The van der Waals surface area contributed by atoms with Crippen molar-refractivity contribution in [3.05, 3.63) is 88.4 Å². The van der Waals surface area contributed by atoms with Gasteiger partial charge in [0.25, 0.3) is 12.3 Å². The summed E-state index contributed by atoms with van der Waals surface area (Å²) < 4.78 is 86.2. The summed E-state index contributed by atoms with van der Waals surface area (Å²) in [4.78, 5) is 25.7. The molecule has 2 aliphatic rings. The Labute approximate surface area is 239 Å². The summed E-state index contributed by atoms with van der Waals surface area (Å²) >= 11 is 0. The van der Waals surface area contributed by atoms with Crippen molar-refractivity contribution < 1.29 is 31.1 Å². The lowest BCUT2D eigenvalue weighted by Crippen LogP contribution is -2.35. The normalized spacial score (nSPS) is 18.7. The minimum atomic E-state index is -3.42. The number of nitrogens with zero attached hydrogens (tertiary/aromatic N) is 5. The van der Waals surface area contributed by atoms with Crippen LogP contribution in [0.5, 0.6) is 0 Å². The zero-order valence-electron chi connectivity index (χ0n) is 22.0. The summed E-state index contributed by atoms with van der Waals surface area (Å²) in [5.74, 6) is -7.79. The Hall–Kier alpha value is -4.82. The third-order valence-corrected chi connectivity index (χ3v) is 7.65. The number of nitrogen functional groups attached to an aromatic ring is 1. The molecule has 3 unspecified atom stereocenters. The second-order valence-corrected chi connectivity index (χ2v) is 10.4. The van der Waals surface area contributed by atoms with Crippen molar-refractivity contribution in [2.75, 3.05) is 5.73 Å². The first-order valence-corrected chi connectivity index (χ1v) is 13.1. The van der Waals surface area contributed by atoms with Gasteiger partial charge >= 0.3 is 0 Å². The first-order valence-electron chi connectivity index (χ1n) is 13.1. The number of pyridine rings is 1. The molecule has 1 aromatic carbocycles. The molecule has 0 saturated heterocycles. The number of nitrogens with two attached hydrogens (primary N) is 1. The summed E-state index contributed by atoms with van der Waals surface area (Å²) in [6.45, 7) is -0.820. The molecule has 1 saturated carbocycles. The molecule has 4 aromatic rings. The van der Waals surface area contributed by atoms with Gasteiger partial charge < -0.3 is 16.5 Å². The fraction of sp³-hybridized carbons (Fsp3) is 0.286. The molecule has 4 N–H and O–H groups in total. The van der Waals surface area contributed by atoms with E-state index in [4.69, 9.17) is 11.1 Å². The molecule has 43 heavy (non-hydrogen) atoms. The molecule has 3 aromatic heterocycles. The third-order valence-electron chi connectivity index (χ3n) is 7.65. The zero-order valence-corrected chi connectivity index (χ0v) is 22.0. The molecule has 3 atom stereocenters. The van der Waals surface area contributed by atoms with E-state index in [0.29, 0.717) is 21.9 Å². The Kier molecular flexibility index (Phi) is 6.89. The van der Waals surface area contributed by atoms with Gasteiger partial charge in [0.1, 0.15) is 41.7 Å². The Morgan fingerprint density at radius 3 is 2.58 bits per heavy atom. The van der Waals surface area contributed by atoms with Crippen LogP contribution in [0.3, 0.4) is 0 Å². The molecule has 0 radical (unpaired) electrons. The van der Waals surface area contributed by atoms with Crippen LogP contribution in [-0.2, 0) is 23.7 Å². The summed E-state index contributed by atoms with van der Waals surface area (Å²) in [6, 6.07) is 3.21. The highest BCUT2D eigenvalue weighted by molar-refractivity contribution is 5.86. The monoisotopic (exact) mass is 600 g/mol. The van der Waals surface area contributed by atoms with Gasteiger partial charge in [-0.3, -0.25) is 9.48 Å². The Morgan fingerprint density at radius 1 is 1.14 bits per heavy atom. The second kappa shape index (κ2) is 10.5. The molecular weight excluding hydrogens is 578 g/mol. The number of nitrogens with one attached hydrogen (secondary N) is 2. The number of hydrogen-bond donors (Lipinski definition) is 3. The number of carbonyl (C=O) groups excluding carboxylic acids is 1.